The predicted molar refractivity (Wildman–Crippen MR) is 155 cm³/mol. The van der Waals surface area contributed by atoms with Crippen molar-refractivity contribution < 1.29 is 52.0 Å². The first-order chi connectivity index (χ1) is 20.8. The summed E-state index contributed by atoms with van der Waals surface area (Å²) < 4.78 is 41.3. The summed E-state index contributed by atoms with van der Waals surface area (Å²) in [5, 5.41) is 0. The molecule has 2 aromatic carbocycles. The van der Waals surface area contributed by atoms with Gasteiger partial charge in [0.1, 0.15) is 24.6 Å². The number of ether oxygens (including phenoxy) is 5. The molecular formula is C32H31FO10S. The van der Waals surface area contributed by atoms with Crippen LogP contribution >= 0.6 is 11.3 Å². The van der Waals surface area contributed by atoms with Gasteiger partial charge in [0.05, 0.1) is 4.88 Å². The van der Waals surface area contributed by atoms with Crippen LogP contribution in [0, 0.1) is 12.7 Å². The van der Waals surface area contributed by atoms with Crippen LogP contribution in [0.3, 0.4) is 0 Å². The van der Waals surface area contributed by atoms with Crippen LogP contribution in [0.5, 0.6) is 0 Å². The number of ketones is 1. The van der Waals surface area contributed by atoms with E-state index in [2.05, 4.69) is 0 Å². The van der Waals surface area contributed by atoms with Crippen molar-refractivity contribution in [2.75, 3.05) is 6.61 Å². The first kappa shape index (κ1) is 32.5. The van der Waals surface area contributed by atoms with Crippen molar-refractivity contribution in [2.24, 2.45) is 0 Å². The smallest absolute Gasteiger partial charge is 0.303 e. The minimum atomic E-state index is -1.34. The molecule has 5 atom stereocenters. The van der Waals surface area contributed by atoms with Gasteiger partial charge in [-0.25, -0.2) is 4.39 Å². The maximum absolute atomic E-state index is 13.7. The first-order valence-corrected chi connectivity index (χ1v) is 14.5. The largest absolute Gasteiger partial charge is 0.463 e. The van der Waals surface area contributed by atoms with Crippen molar-refractivity contribution in [2.45, 2.75) is 65.1 Å². The fraction of sp³-hybridized carbons (Fsp3) is 0.344. The fourth-order valence-corrected chi connectivity index (χ4v) is 5.89. The Morgan fingerprint density at radius 1 is 0.773 bits per heavy atom. The Labute approximate surface area is 257 Å². The first-order valence-electron chi connectivity index (χ1n) is 13.7. The molecule has 4 rings (SSSR count). The zero-order chi connectivity index (χ0) is 32.1. The van der Waals surface area contributed by atoms with E-state index < -0.39 is 54.4 Å². The Bertz CT molecular complexity index is 1560. The number of aryl methyl sites for hydroxylation is 1. The highest BCUT2D eigenvalue weighted by atomic mass is 32.1. The van der Waals surface area contributed by atoms with Crippen molar-refractivity contribution in [1.82, 2.24) is 0 Å². The summed E-state index contributed by atoms with van der Waals surface area (Å²) in [5.74, 6) is -3.48. The quantitative estimate of drug-likeness (QED) is 0.184. The zero-order valence-corrected chi connectivity index (χ0v) is 25.5. The molecule has 1 fully saturated rings. The van der Waals surface area contributed by atoms with E-state index in [1.807, 2.05) is 0 Å². The van der Waals surface area contributed by atoms with Crippen LogP contribution in [-0.2, 0) is 42.9 Å². The van der Waals surface area contributed by atoms with Crippen molar-refractivity contribution in [3.8, 4) is 10.4 Å². The molecule has 0 amide bonds. The normalized spacial score (nSPS) is 21.2. The van der Waals surface area contributed by atoms with Gasteiger partial charge in [-0.2, -0.15) is 0 Å². The summed E-state index contributed by atoms with van der Waals surface area (Å²) >= 11 is 1.25. The summed E-state index contributed by atoms with van der Waals surface area (Å²) in [6.45, 7) is 6.03. The Hall–Kier alpha value is -4.42. The van der Waals surface area contributed by atoms with E-state index in [9.17, 15) is 28.4 Å². The van der Waals surface area contributed by atoms with Crippen molar-refractivity contribution >= 4 is 41.0 Å². The Kier molecular flexibility index (Phi) is 10.3. The molecule has 2 heterocycles. The van der Waals surface area contributed by atoms with Gasteiger partial charge < -0.3 is 23.7 Å². The number of benzene rings is 2. The molecule has 5 unspecified atom stereocenters. The lowest BCUT2D eigenvalue weighted by Crippen LogP contribution is -2.59. The average Bonchev–Trinajstić information content (AvgIpc) is 3.44. The highest BCUT2D eigenvalue weighted by molar-refractivity contribution is 7.17. The van der Waals surface area contributed by atoms with Crippen LogP contribution in [0.4, 0.5) is 4.39 Å². The molecule has 10 nitrogen and oxygen atoms in total. The number of thiophene rings is 1. The summed E-state index contributed by atoms with van der Waals surface area (Å²) in [5.41, 5.74) is 2.15. The number of hydrogen-bond donors (Lipinski definition) is 0. The number of rotatable bonds is 9. The highest BCUT2D eigenvalue weighted by Crippen LogP contribution is 2.39. The molecule has 3 aromatic rings. The average molecular weight is 627 g/mol. The second-order valence-corrected chi connectivity index (χ2v) is 11.3. The van der Waals surface area contributed by atoms with E-state index in [-0.39, 0.29) is 18.2 Å². The topological polar surface area (TPSA) is 132 Å². The van der Waals surface area contributed by atoms with Gasteiger partial charge in [-0.15, -0.1) is 11.3 Å². The fourth-order valence-electron chi connectivity index (χ4n) is 4.92. The number of esters is 4. The monoisotopic (exact) mass is 626 g/mol. The van der Waals surface area contributed by atoms with Gasteiger partial charge in [0.2, 0.25) is 5.78 Å². The van der Waals surface area contributed by atoms with E-state index >= 15 is 0 Å². The molecule has 0 spiro atoms. The molecule has 0 radical (unpaired) electrons. The molecule has 1 saturated heterocycles. The van der Waals surface area contributed by atoms with Crippen molar-refractivity contribution in [3.63, 3.8) is 0 Å². The molecule has 1 aromatic heterocycles. The Morgan fingerprint density at radius 3 is 2.00 bits per heavy atom. The molecule has 0 saturated carbocycles. The molecule has 1 aliphatic heterocycles. The minimum absolute atomic E-state index is 0.284. The van der Waals surface area contributed by atoms with Crippen LogP contribution in [0.2, 0.25) is 0 Å². The van der Waals surface area contributed by atoms with Crippen molar-refractivity contribution in [3.05, 3.63) is 82.0 Å². The third kappa shape index (κ3) is 7.74. The van der Waals surface area contributed by atoms with Gasteiger partial charge in [-0.1, -0.05) is 24.3 Å². The van der Waals surface area contributed by atoms with E-state index in [1.165, 1.54) is 30.4 Å². The number of carbonyl (C=O) groups excluding carboxylic acids is 5. The van der Waals surface area contributed by atoms with Gasteiger partial charge in [0.15, 0.2) is 18.3 Å². The second-order valence-electron chi connectivity index (χ2n) is 10.2. The van der Waals surface area contributed by atoms with Gasteiger partial charge in [-0.3, -0.25) is 24.0 Å². The number of carbonyl (C=O) groups is 5. The number of hydrogen-bond acceptors (Lipinski definition) is 11. The summed E-state index contributed by atoms with van der Waals surface area (Å²) in [6, 6.07) is 14.4. The summed E-state index contributed by atoms with van der Waals surface area (Å²) in [7, 11) is 0. The predicted octanol–water partition coefficient (Wildman–Crippen LogP) is 4.89. The molecular weight excluding hydrogens is 595 g/mol. The maximum atomic E-state index is 13.7. The van der Waals surface area contributed by atoms with E-state index in [4.69, 9.17) is 23.7 Å². The van der Waals surface area contributed by atoms with E-state index in [0.29, 0.717) is 21.6 Å². The molecule has 0 aliphatic carbocycles. The minimum Gasteiger partial charge on any atom is -0.463 e. The van der Waals surface area contributed by atoms with E-state index in [0.717, 1.165) is 31.2 Å². The Morgan fingerprint density at radius 2 is 1.39 bits per heavy atom. The molecule has 0 bridgehead atoms. The van der Waals surface area contributed by atoms with Gasteiger partial charge >= 0.3 is 23.9 Å². The standard InChI is InChI=1S/C32H31FO10S/c1-16-6-7-22(14-24(16)28(38)27-13-12-26(44-27)21-8-10-23(33)11-9-21)29-31(41-19(4)36)32(42-20(5)37)30(40-18(3)35)25(43-29)15-39-17(2)34/h6-14,25,29-32H,15H2,1-5H3. The van der Waals surface area contributed by atoms with Crippen molar-refractivity contribution in [1.29, 1.82) is 0 Å². The van der Waals surface area contributed by atoms with Crippen LogP contribution < -0.4 is 0 Å². The summed E-state index contributed by atoms with van der Waals surface area (Å²) in [4.78, 5) is 63.0. The molecule has 12 heteroatoms. The molecule has 44 heavy (non-hydrogen) atoms. The third-order valence-corrected chi connectivity index (χ3v) is 7.92. The lowest BCUT2D eigenvalue weighted by molar-refractivity contribution is -0.254. The third-order valence-electron chi connectivity index (χ3n) is 6.78. The van der Waals surface area contributed by atoms with Crippen LogP contribution in [0.15, 0.2) is 54.6 Å². The van der Waals surface area contributed by atoms with Gasteiger partial charge in [0.25, 0.3) is 0 Å². The summed E-state index contributed by atoms with van der Waals surface area (Å²) in [6.07, 6.45) is -6.18. The highest BCUT2D eigenvalue weighted by Gasteiger charge is 2.52. The van der Waals surface area contributed by atoms with Gasteiger partial charge in [-0.05, 0) is 53.9 Å². The lowest BCUT2D eigenvalue weighted by Gasteiger charge is -2.44. The second kappa shape index (κ2) is 13.9. The maximum Gasteiger partial charge on any atom is 0.303 e. The molecule has 0 N–H and O–H groups in total. The SMILES string of the molecule is CC(=O)OCC1OC(c2ccc(C)c(C(=O)c3ccc(-c4ccc(F)cc4)s3)c2)C(OC(C)=O)C(OC(C)=O)C1OC(C)=O. The van der Waals surface area contributed by atoms with Gasteiger partial charge in [0, 0.05) is 38.1 Å². The molecule has 232 valence electrons. The Balaban J connectivity index is 1.75. The lowest BCUT2D eigenvalue weighted by atomic mass is 9.88. The van der Waals surface area contributed by atoms with Crippen LogP contribution in [0.1, 0.15) is 60.2 Å². The van der Waals surface area contributed by atoms with Crippen LogP contribution in [-0.4, -0.2) is 60.7 Å². The number of halogens is 1. The van der Waals surface area contributed by atoms with Crippen LogP contribution in [0.25, 0.3) is 10.4 Å². The van der Waals surface area contributed by atoms with E-state index in [1.54, 1.807) is 49.4 Å². The molecule has 1 aliphatic rings. The zero-order valence-electron chi connectivity index (χ0n) is 24.7.